The predicted octanol–water partition coefficient (Wildman–Crippen LogP) is 1.94. The van der Waals surface area contributed by atoms with E-state index in [1.807, 2.05) is 25.3 Å². The van der Waals surface area contributed by atoms with Crippen LogP contribution in [0.1, 0.15) is 32.7 Å². The van der Waals surface area contributed by atoms with Crippen LogP contribution in [0.3, 0.4) is 0 Å². The van der Waals surface area contributed by atoms with E-state index in [1.54, 1.807) is 28.4 Å². The van der Waals surface area contributed by atoms with Gasteiger partial charge in [0.15, 0.2) is 5.96 Å². The van der Waals surface area contributed by atoms with Crippen molar-refractivity contribution in [1.82, 2.24) is 25.8 Å². The number of benzene rings is 1. The number of rotatable bonds is 7. The lowest BCUT2D eigenvalue weighted by atomic mass is 10.1. The van der Waals surface area contributed by atoms with E-state index in [4.69, 9.17) is 0 Å². The maximum atomic E-state index is 12.5. The zero-order valence-electron chi connectivity index (χ0n) is 17.8. The Balaban J connectivity index is 0.00000341. The monoisotopic (exact) mass is 556 g/mol. The van der Waals surface area contributed by atoms with Crippen molar-refractivity contribution in [3.63, 3.8) is 0 Å². The highest BCUT2D eigenvalue weighted by Gasteiger charge is 2.22. The number of carbonyl (C=O) groups excluding carboxylic acids is 2. The molecule has 2 heterocycles. The maximum absolute atomic E-state index is 12.5. The van der Waals surface area contributed by atoms with Crippen LogP contribution in [0.5, 0.6) is 0 Å². The van der Waals surface area contributed by atoms with Crippen LogP contribution >= 0.6 is 35.3 Å². The fourth-order valence-electron chi connectivity index (χ4n) is 3.06. The van der Waals surface area contributed by atoms with Gasteiger partial charge in [0.05, 0.1) is 18.1 Å². The van der Waals surface area contributed by atoms with E-state index >= 15 is 0 Å². The van der Waals surface area contributed by atoms with E-state index < -0.39 is 0 Å². The second-order valence-electron chi connectivity index (χ2n) is 7.01. The number of aromatic nitrogens is 1. The summed E-state index contributed by atoms with van der Waals surface area (Å²) in [5.41, 5.74) is 1.59. The molecule has 1 aliphatic heterocycles. The third-order valence-electron chi connectivity index (χ3n) is 4.59. The van der Waals surface area contributed by atoms with Gasteiger partial charge in [-0.25, -0.2) is 9.98 Å². The highest BCUT2D eigenvalue weighted by atomic mass is 127. The number of hydrogen-bond donors (Lipinski definition) is 3. The number of aryl methyl sites for hydroxylation is 1. The molecule has 2 aromatic rings. The Morgan fingerprint density at radius 3 is 2.71 bits per heavy atom. The highest BCUT2D eigenvalue weighted by Crippen LogP contribution is 2.11. The SMILES string of the molecule is CCNC(=NCc1ccc(C(=O)N2CCNC(=O)C2)cc1)NCCc1ncc(C)s1.I. The normalized spacial score (nSPS) is 13.9. The Bertz CT molecular complexity index is 900. The van der Waals surface area contributed by atoms with Crippen LogP contribution in [-0.2, 0) is 17.8 Å². The number of aliphatic imine (C=N–C) groups is 1. The van der Waals surface area contributed by atoms with Crippen LogP contribution in [0, 0.1) is 6.92 Å². The Morgan fingerprint density at radius 1 is 1.29 bits per heavy atom. The molecule has 1 aromatic carbocycles. The number of amides is 2. The van der Waals surface area contributed by atoms with Crippen molar-refractivity contribution < 1.29 is 9.59 Å². The largest absolute Gasteiger partial charge is 0.357 e. The van der Waals surface area contributed by atoms with Gasteiger partial charge in [-0.05, 0) is 31.5 Å². The third-order valence-corrected chi connectivity index (χ3v) is 5.56. The molecule has 1 aromatic heterocycles. The summed E-state index contributed by atoms with van der Waals surface area (Å²) in [6.45, 7) is 7.28. The minimum atomic E-state index is -0.118. The lowest BCUT2D eigenvalue weighted by Crippen LogP contribution is -2.49. The molecule has 168 valence electrons. The average molecular weight is 556 g/mol. The molecule has 0 unspecified atom stereocenters. The Kier molecular flexibility index (Phi) is 10.2. The molecular formula is C21H29IN6O2S. The molecule has 1 saturated heterocycles. The lowest BCUT2D eigenvalue weighted by Gasteiger charge is -2.26. The van der Waals surface area contributed by atoms with Crippen molar-refractivity contribution in [3.8, 4) is 0 Å². The number of nitrogens with zero attached hydrogens (tertiary/aromatic N) is 3. The zero-order valence-corrected chi connectivity index (χ0v) is 21.0. The van der Waals surface area contributed by atoms with Gasteiger partial charge < -0.3 is 20.9 Å². The Labute approximate surface area is 203 Å². The van der Waals surface area contributed by atoms with Gasteiger partial charge in [0, 0.05) is 49.2 Å². The van der Waals surface area contributed by atoms with Crippen LogP contribution in [0.2, 0.25) is 0 Å². The van der Waals surface area contributed by atoms with Gasteiger partial charge in [0.25, 0.3) is 5.91 Å². The molecule has 3 N–H and O–H groups in total. The summed E-state index contributed by atoms with van der Waals surface area (Å²) in [6.07, 6.45) is 2.75. The van der Waals surface area contributed by atoms with E-state index in [2.05, 4.69) is 32.9 Å². The summed E-state index contributed by atoms with van der Waals surface area (Å²) >= 11 is 1.71. The molecule has 31 heavy (non-hydrogen) atoms. The van der Waals surface area contributed by atoms with Crippen molar-refractivity contribution in [2.45, 2.75) is 26.8 Å². The first-order valence-electron chi connectivity index (χ1n) is 10.1. The number of carbonyl (C=O) groups is 2. The van der Waals surface area contributed by atoms with Crippen LogP contribution < -0.4 is 16.0 Å². The molecule has 0 aliphatic carbocycles. The van der Waals surface area contributed by atoms with Crippen molar-refractivity contribution in [1.29, 1.82) is 0 Å². The third kappa shape index (κ3) is 7.76. The first kappa shape index (κ1) is 25.1. The standard InChI is InChI=1S/C21H28N6O2S.HI/c1-3-22-21(24-9-8-19-25-12-15(2)30-19)26-13-16-4-6-17(7-5-16)20(29)27-11-10-23-18(28)14-27;/h4-7,12H,3,8-11,13-14H2,1-2H3,(H,23,28)(H2,22,24,26);1H. The van der Waals surface area contributed by atoms with Crippen LogP contribution in [0.15, 0.2) is 35.5 Å². The van der Waals surface area contributed by atoms with Crippen molar-refractivity contribution in [2.24, 2.45) is 4.99 Å². The molecule has 1 aliphatic rings. The van der Waals surface area contributed by atoms with E-state index in [0.29, 0.717) is 25.2 Å². The quantitative estimate of drug-likeness (QED) is 0.275. The number of hydrogen-bond acceptors (Lipinski definition) is 5. The van der Waals surface area contributed by atoms with E-state index in [-0.39, 0.29) is 42.3 Å². The molecule has 0 spiro atoms. The van der Waals surface area contributed by atoms with Gasteiger partial charge in [0.2, 0.25) is 5.91 Å². The van der Waals surface area contributed by atoms with Gasteiger partial charge in [-0.1, -0.05) is 12.1 Å². The van der Waals surface area contributed by atoms with Gasteiger partial charge in [-0.2, -0.15) is 0 Å². The number of guanidine groups is 1. The molecule has 0 saturated carbocycles. The van der Waals surface area contributed by atoms with E-state index in [1.165, 1.54) is 4.88 Å². The second-order valence-corrected chi connectivity index (χ2v) is 8.33. The van der Waals surface area contributed by atoms with Crippen molar-refractivity contribution in [2.75, 3.05) is 32.7 Å². The zero-order chi connectivity index (χ0) is 21.3. The molecule has 3 rings (SSSR count). The summed E-state index contributed by atoms with van der Waals surface area (Å²) in [5, 5.41) is 10.4. The fraction of sp³-hybridized carbons (Fsp3) is 0.429. The van der Waals surface area contributed by atoms with Gasteiger partial charge in [-0.15, -0.1) is 35.3 Å². The number of piperazine rings is 1. The molecular weight excluding hydrogens is 527 g/mol. The summed E-state index contributed by atoms with van der Waals surface area (Å²) < 4.78 is 0. The van der Waals surface area contributed by atoms with Crippen molar-refractivity contribution >= 4 is 53.1 Å². The minimum absolute atomic E-state index is 0. The minimum Gasteiger partial charge on any atom is -0.357 e. The Hall–Kier alpha value is -2.21. The highest BCUT2D eigenvalue weighted by molar-refractivity contribution is 14.0. The summed E-state index contributed by atoms with van der Waals surface area (Å²) in [7, 11) is 0. The fourth-order valence-corrected chi connectivity index (χ4v) is 3.85. The van der Waals surface area contributed by atoms with E-state index in [0.717, 1.165) is 36.0 Å². The summed E-state index contributed by atoms with van der Waals surface area (Å²) in [6, 6.07) is 7.40. The number of nitrogens with one attached hydrogen (secondary N) is 3. The maximum Gasteiger partial charge on any atom is 0.254 e. The van der Waals surface area contributed by atoms with Gasteiger partial charge >= 0.3 is 0 Å². The van der Waals surface area contributed by atoms with Gasteiger partial charge in [0.1, 0.15) is 0 Å². The smallest absolute Gasteiger partial charge is 0.254 e. The van der Waals surface area contributed by atoms with Crippen LogP contribution in [-0.4, -0.2) is 60.4 Å². The Morgan fingerprint density at radius 2 is 2.06 bits per heavy atom. The van der Waals surface area contributed by atoms with Crippen molar-refractivity contribution in [3.05, 3.63) is 51.5 Å². The molecule has 0 atom stereocenters. The lowest BCUT2D eigenvalue weighted by molar-refractivity contribution is -0.123. The molecule has 10 heteroatoms. The summed E-state index contributed by atoms with van der Waals surface area (Å²) in [5.74, 6) is 0.520. The first-order valence-corrected chi connectivity index (χ1v) is 10.9. The van der Waals surface area contributed by atoms with Crippen LogP contribution in [0.4, 0.5) is 0 Å². The topological polar surface area (TPSA) is 98.7 Å². The second kappa shape index (κ2) is 12.6. The first-order chi connectivity index (χ1) is 14.5. The van der Waals surface area contributed by atoms with Crippen LogP contribution in [0.25, 0.3) is 0 Å². The van der Waals surface area contributed by atoms with Gasteiger partial charge in [-0.3, -0.25) is 9.59 Å². The number of thiazole rings is 1. The molecule has 2 amide bonds. The predicted molar refractivity (Wildman–Crippen MR) is 134 cm³/mol. The molecule has 8 nitrogen and oxygen atoms in total. The van der Waals surface area contributed by atoms with E-state index in [9.17, 15) is 9.59 Å². The summed E-state index contributed by atoms with van der Waals surface area (Å²) in [4.78, 5) is 35.8. The molecule has 1 fully saturated rings. The molecule has 0 bridgehead atoms. The number of halogens is 1. The molecule has 0 radical (unpaired) electrons. The average Bonchev–Trinajstić information content (AvgIpc) is 3.17.